The minimum absolute atomic E-state index is 0.126. The molecule has 0 radical (unpaired) electrons. The maximum absolute atomic E-state index is 9.31. The Labute approximate surface area is 103 Å². The van der Waals surface area contributed by atoms with Gasteiger partial charge < -0.3 is 14.9 Å². The summed E-state index contributed by atoms with van der Waals surface area (Å²) in [4.78, 5) is 0. The normalized spacial score (nSPS) is 16.3. The Morgan fingerprint density at radius 1 is 1.00 bits per heavy atom. The molecule has 1 aromatic carbocycles. The summed E-state index contributed by atoms with van der Waals surface area (Å²) in [5.41, 5.74) is 1.13. The van der Waals surface area contributed by atoms with Crippen molar-refractivity contribution >= 4 is 0 Å². The van der Waals surface area contributed by atoms with Crippen LogP contribution in [0.4, 0.5) is 0 Å². The molecule has 0 heterocycles. The van der Waals surface area contributed by atoms with Crippen molar-refractivity contribution in [3.8, 4) is 5.75 Å². The second kappa shape index (κ2) is 6.62. The van der Waals surface area contributed by atoms with E-state index in [1.54, 1.807) is 7.11 Å². The van der Waals surface area contributed by atoms with Gasteiger partial charge in [0, 0.05) is 13.2 Å². The van der Waals surface area contributed by atoms with Crippen molar-refractivity contribution in [1.82, 2.24) is 0 Å². The highest BCUT2D eigenvalue weighted by molar-refractivity contribution is 5.30. The molecule has 17 heavy (non-hydrogen) atoms. The Balaban J connectivity index is 2.95. The Morgan fingerprint density at radius 3 is 1.82 bits per heavy atom. The first-order valence-corrected chi connectivity index (χ1v) is 5.99. The molecule has 1 rings (SSSR count). The predicted molar refractivity (Wildman–Crippen MR) is 68.2 cm³/mol. The first-order chi connectivity index (χ1) is 8.13. The molecule has 0 amide bonds. The smallest absolute Gasteiger partial charge is 0.118 e. The molecule has 0 saturated heterocycles. The summed E-state index contributed by atoms with van der Waals surface area (Å²) in [6.45, 7) is 4.25. The van der Waals surface area contributed by atoms with E-state index in [9.17, 15) is 10.2 Å². The Bertz CT molecular complexity index is 311. The minimum atomic E-state index is 0.126. The standard InChI is InChI=1S/C14H22O3/c1-10(8-15)14(11(2)9-16)12-4-6-13(17-3)7-5-12/h4-7,10-11,14-16H,8-9H2,1-3H3. The highest BCUT2D eigenvalue weighted by Gasteiger charge is 2.24. The van der Waals surface area contributed by atoms with Gasteiger partial charge in [-0.05, 0) is 35.4 Å². The van der Waals surface area contributed by atoms with Crippen molar-refractivity contribution in [1.29, 1.82) is 0 Å². The lowest BCUT2D eigenvalue weighted by Crippen LogP contribution is -2.22. The Kier molecular flexibility index (Phi) is 5.45. The van der Waals surface area contributed by atoms with E-state index >= 15 is 0 Å². The lowest BCUT2D eigenvalue weighted by molar-refractivity contribution is 0.152. The molecule has 3 nitrogen and oxygen atoms in total. The summed E-state index contributed by atoms with van der Waals surface area (Å²) in [7, 11) is 1.64. The molecule has 0 aliphatic carbocycles. The summed E-state index contributed by atoms with van der Waals surface area (Å²) in [5, 5.41) is 18.6. The molecule has 2 atom stereocenters. The topological polar surface area (TPSA) is 49.7 Å². The van der Waals surface area contributed by atoms with Crippen molar-refractivity contribution in [2.45, 2.75) is 19.8 Å². The molecule has 1 aromatic rings. The summed E-state index contributed by atoms with van der Waals surface area (Å²) < 4.78 is 5.12. The average Bonchev–Trinajstić information content (AvgIpc) is 2.39. The molecule has 0 spiro atoms. The highest BCUT2D eigenvalue weighted by Crippen LogP contribution is 2.32. The Morgan fingerprint density at radius 2 is 1.47 bits per heavy atom. The van der Waals surface area contributed by atoms with Crippen molar-refractivity contribution in [3.63, 3.8) is 0 Å². The van der Waals surface area contributed by atoms with E-state index in [4.69, 9.17) is 4.74 Å². The van der Waals surface area contributed by atoms with Crippen LogP contribution in [0.2, 0.25) is 0 Å². The molecule has 0 aromatic heterocycles. The van der Waals surface area contributed by atoms with Crippen LogP contribution in [0.3, 0.4) is 0 Å². The van der Waals surface area contributed by atoms with Crippen LogP contribution < -0.4 is 4.74 Å². The van der Waals surface area contributed by atoms with Gasteiger partial charge in [-0.3, -0.25) is 0 Å². The van der Waals surface area contributed by atoms with Crippen LogP contribution in [0.15, 0.2) is 24.3 Å². The molecule has 0 aliphatic heterocycles. The van der Waals surface area contributed by atoms with Crippen LogP contribution in [-0.2, 0) is 0 Å². The van der Waals surface area contributed by atoms with E-state index in [-0.39, 0.29) is 31.0 Å². The molecule has 2 N–H and O–H groups in total. The van der Waals surface area contributed by atoms with Crippen LogP contribution in [0, 0.1) is 11.8 Å². The van der Waals surface area contributed by atoms with Gasteiger partial charge in [-0.25, -0.2) is 0 Å². The second-order valence-corrected chi connectivity index (χ2v) is 4.62. The van der Waals surface area contributed by atoms with Gasteiger partial charge in [0.15, 0.2) is 0 Å². The summed E-state index contributed by atoms with van der Waals surface area (Å²) in [6.07, 6.45) is 0. The fourth-order valence-corrected chi connectivity index (χ4v) is 2.27. The summed E-state index contributed by atoms with van der Waals surface area (Å²) in [6, 6.07) is 7.83. The van der Waals surface area contributed by atoms with E-state index < -0.39 is 0 Å². The Hall–Kier alpha value is -1.06. The van der Waals surface area contributed by atoms with Crippen LogP contribution in [0.25, 0.3) is 0 Å². The van der Waals surface area contributed by atoms with E-state index in [0.717, 1.165) is 11.3 Å². The summed E-state index contributed by atoms with van der Waals surface area (Å²) in [5.74, 6) is 1.24. The van der Waals surface area contributed by atoms with E-state index in [0.29, 0.717) is 0 Å². The highest BCUT2D eigenvalue weighted by atomic mass is 16.5. The third-order valence-electron chi connectivity index (χ3n) is 3.30. The van der Waals surface area contributed by atoms with Gasteiger partial charge in [-0.1, -0.05) is 26.0 Å². The van der Waals surface area contributed by atoms with Crippen molar-refractivity contribution in [2.24, 2.45) is 11.8 Å². The van der Waals surface area contributed by atoms with Gasteiger partial charge in [0.1, 0.15) is 5.75 Å². The van der Waals surface area contributed by atoms with Crippen molar-refractivity contribution < 1.29 is 14.9 Å². The molecular formula is C14H22O3. The zero-order valence-electron chi connectivity index (χ0n) is 10.8. The SMILES string of the molecule is COc1ccc(C(C(C)CO)C(C)CO)cc1. The molecule has 3 heteroatoms. The molecule has 0 fully saturated rings. The van der Waals surface area contributed by atoms with E-state index in [1.807, 2.05) is 38.1 Å². The fraction of sp³-hybridized carbons (Fsp3) is 0.571. The van der Waals surface area contributed by atoms with Gasteiger partial charge >= 0.3 is 0 Å². The number of hydrogen-bond donors (Lipinski definition) is 2. The van der Waals surface area contributed by atoms with E-state index in [2.05, 4.69) is 0 Å². The number of aliphatic hydroxyl groups excluding tert-OH is 2. The number of rotatable bonds is 6. The zero-order chi connectivity index (χ0) is 12.8. The van der Waals surface area contributed by atoms with Gasteiger partial charge in [-0.2, -0.15) is 0 Å². The average molecular weight is 238 g/mol. The van der Waals surface area contributed by atoms with Crippen LogP contribution >= 0.6 is 0 Å². The largest absolute Gasteiger partial charge is 0.497 e. The first kappa shape index (κ1) is 14.0. The van der Waals surface area contributed by atoms with Crippen molar-refractivity contribution in [2.75, 3.05) is 20.3 Å². The number of benzene rings is 1. The zero-order valence-corrected chi connectivity index (χ0v) is 10.8. The lowest BCUT2D eigenvalue weighted by Gasteiger charge is -2.28. The fourth-order valence-electron chi connectivity index (χ4n) is 2.27. The van der Waals surface area contributed by atoms with Gasteiger partial charge in [0.2, 0.25) is 0 Å². The van der Waals surface area contributed by atoms with E-state index in [1.165, 1.54) is 0 Å². The number of ether oxygens (including phenoxy) is 1. The molecule has 0 saturated carbocycles. The predicted octanol–water partition coefficient (Wildman–Crippen LogP) is 2.04. The van der Waals surface area contributed by atoms with Gasteiger partial charge in [0.25, 0.3) is 0 Å². The van der Waals surface area contributed by atoms with Crippen LogP contribution in [-0.4, -0.2) is 30.5 Å². The monoisotopic (exact) mass is 238 g/mol. The molecular weight excluding hydrogens is 216 g/mol. The molecule has 0 bridgehead atoms. The summed E-state index contributed by atoms with van der Waals surface area (Å²) >= 11 is 0. The third-order valence-corrected chi connectivity index (χ3v) is 3.30. The second-order valence-electron chi connectivity index (χ2n) is 4.62. The first-order valence-electron chi connectivity index (χ1n) is 5.99. The van der Waals surface area contributed by atoms with Gasteiger partial charge in [0.05, 0.1) is 7.11 Å². The number of hydrogen-bond acceptors (Lipinski definition) is 3. The van der Waals surface area contributed by atoms with Gasteiger partial charge in [-0.15, -0.1) is 0 Å². The molecule has 0 aliphatic rings. The number of methoxy groups -OCH3 is 1. The maximum atomic E-state index is 9.31. The minimum Gasteiger partial charge on any atom is -0.497 e. The third kappa shape index (κ3) is 3.45. The molecule has 2 unspecified atom stereocenters. The number of aliphatic hydroxyl groups is 2. The molecule has 96 valence electrons. The quantitative estimate of drug-likeness (QED) is 0.797. The van der Waals surface area contributed by atoms with Crippen molar-refractivity contribution in [3.05, 3.63) is 29.8 Å². The van der Waals surface area contributed by atoms with Crippen LogP contribution in [0.1, 0.15) is 25.3 Å². The maximum Gasteiger partial charge on any atom is 0.118 e. The lowest BCUT2D eigenvalue weighted by atomic mass is 9.79. The van der Waals surface area contributed by atoms with Crippen LogP contribution in [0.5, 0.6) is 5.75 Å².